The second-order valence-corrected chi connectivity index (χ2v) is 10.3. The first-order valence-electron chi connectivity index (χ1n) is 14.6. The standard InChI is InChI=1S/C32H40N2O11/c1-40-25-9-5-7-15-33(20-27(25)42-3)29(36)11-13-31(38)44-23-17-22(35)18-24(19-23)45-32(39)14-12-30(37)34-16-8-6-10-26(41-2)28(21-34)43-4/h17-19,25-28,35H,7-8,11-16,20-21H2,1-4H3/t25-,26?,27-,28?/m0/s1. The number of esters is 2. The molecule has 0 saturated carbocycles. The van der Waals surface area contributed by atoms with Gasteiger partial charge in [-0.2, -0.15) is 0 Å². The molecule has 4 atom stereocenters. The number of ether oxygens (including phenoxy) is 6. The minimum atomic E-state index is -0.718. The molecule has 3 rings (SSSR count). The minimum absolute atomic E-state index is 0.0738. The van der Waals surface area contributed by atoms with Crippen LogP contribution in [-0.4, -0.2) is 118 Å². The highest BCUT2D eigenvalue weighted by atomic mass is 16.6. The highest BCUT2D eigenvalue weighted by Gasteiger charge is 2.28. The first-order chi connectivity index (χ1) is 21.7. The van der Waals surface area contributed by atoms with E-state index in [9.17, 15) is 24.3 Å². The van der Waals surface area contributed by atoms with Gasteiger partial charge in [0.1, 0.15) is 41.7 Å². The van der Waals surface area contributed by atoms with Gasteiger partial charge in [0.15, 0.2) is 0 Å². The van der Waals surface area contributed by atoms with E-state index in [4.69, 9.17) is 28.4 Å². The molecule has 1 N–H and O–H groups in total. The summed E-state index contributed by atoms with van der Waals surface area (Å²) in [5, 5.41) is 10.1. The Balaban J connectivity index is 1.49. The molecule has 13 nitrogen and oxygen atoms in total. The quantitative estimate of drug-likeness (QED) is 0.203. The summed E-state index contributed by atoms with van der Waals surface area (Å²) in [6, 6.07) is 3.61. The van der Waals surface area contributed by atoms with Crippen molar-refractivity contribution in [3.8, 4) is 40.9 Å². The van der Waals surface area contributed by atoms with Crippen LogP contribution in [0.15, 0.2) is 18.2 Å². The molecular weight excluding hydrogens is 588 g/mol. The first-order valence-corrected chi connectivity index (χ1v) is 14.6. The highest BCUT2D eigenvalue weighted by Crippen LogP contribution is 2.28. The number of hydrogen-bond donors (Lipinski definition) is 1. The van der Waals surface area contributed by atoms with E-state index in [1.54, 1.807) is 9.80 Å². The third kappa shape index (κ3) is 11.1. The van der Waals surface area contributed by atoms with Crippen LogP contribution in [0.2, 0.25) is 0 Å². The molecular formula is C32H40N2O11. The maximum atomic E-state index is 12.8. The molecule has 0 aromatic heterocycles. The van der Waals surface area contributed by atoms with Crippen molar-refractivity contribution in [1.29, 1.82) is 0 Å². The fourth-order valence-corrected chi connectivity index (χ4v) is 4.77. The van der Waals surface area contributed by atoms with Gasteiger partial charge in [-0.3, -0.25) is 19.2 Å². The maximum absolute atomic E-state index is 12.8. The number of rotatable bonds is 12. The van der Waals surface area contributed by atoms with Crippen LogP contribution in [0.25, 0.3) is 0 Å². The summed E-state index contributed by atoms with van der Waals surface area (Å²) in [4.78, 5) is 53.9. The fraction of sp³-hybridized carbons (Fsp3) is 0.562. The number of hydrogen-bond acceptors (Lipinski definition) is 11. The van der Waals surface area contributed by atoms with Crippen LogP contribution in [0.5, 0.6) is 17.2 Å². The van der Waals surface area contributed by atoms with Crippen LogP contribution >= 0.6 is 0 Å². The average Bonchev–Trinajstić information content (AvgIpc) is 2.99. The van der Waals surface area contributed by atoms with E-state index in [-0.39, 0.29) is 67.8 Å². The van der Waals surface area contributed by atoms with Crippen LogP contribution in [0, 0.1) is 23.7 Å². The normalized spacial score (nSPS) is 21.4. The van der Waals surface area contributed by atoms with E-state index < -0.39 is 36.4 Å². The molecule has 0 aliphatic carbocycles. The van der Waals surface area contributed by atoms with Gasteiger partial charge in [0.05, 0.1) is 25.9 Å². The smallest absolute Gasteiger partial charge is 0.311 e. The van der Waals surface area contributed by atoms with E-state index in [2.05, 4.69) is 23.7 Å². The van der Waals surface area contributed by atoms with Gasteiger partial charge in [0.25, 0.3) is 0 Å². The molecule has 0 fully saturated rings. The number of carbonyl (C=O) groups is 4. The fourth-order valence-electron chi connectivity index (χ4n) is 4.77. The molecule has 1 aromatic rings. The number of methoxy groups -OCH3 is 4. The Kier molecular flexibility index (Phi) is 14.1. The molecule has 2 unspecified atom stereocenters. The van der Waals surface area contributed by atoms with Gasteiger partial charge in [0.2, 0.25) is 11.8 Å². The number of phenolic OH excluding ortho intramolecular Hbond substituents is 1. The van der Waals surface area contributed by atoms with Crippen molar-refractivity contribution >= 4 is 23.8 Å². The molecule has 0 radical (unpaired) electrons. The van der Waals surface area contributed by atoms with Crippen LogP contribution in [-0.2, 0) is 38.1 Å². The molecule has 0 spiro atoms. The number of amides is 2. The summed E-state index contributed by atoms with van der Waals surface area (Å²) < 4.78 is 32.2. The van der Waals surface area contributed by atoms with Crippen LogP contribution in [0.4, 0.5) is 0 Å². The number of benzene rings is 1. The number of phenols is 1. The van der Waals surface area contributed by atoms with Gasteiger partial charge in [-0.15, -0.1) is 0 Å². The molecule has 45 heavy (non-hydrogen) atoms. The van der Waals surface area contributed by atoms with Crippen molar-refractivity contribution < 1.29 is 52.7 Å². The summed E-state index contributed by atoms with van der Waals surface area (Å²) in [5.74, 6) is 9.45. The summed E-state index contributed by atoms with van der Waals surface area (Å²) in [6.45, 7) is 1.30. The van der Waals surface area contributed by atoms with Crippen molar-refractivity contribution in [3.63, 3.8) is 0 Å². The molecule has 2 aliphatic heterocycles. The molecule has 13 heteroatoms. The number of carbonyl (C=O) groups excluding carboxylic acids is 4. The predicted octanol–water partition coefficient (Wildman–Crippen LogP) is 1.29. The van der Waals surface area contributed by atoms with Crippen molar-refractivity contribution in [2.24, 2.45) is 0 Å². The topological polar surface area (TPSA) is 150 Å². The SMILES string of the molecule is COC1C#CCCN(C(=O)CCC(=O)Oc2cc(O)cc(OC(=O)CCC(=O)N3CCC#C[C@H](OC)[C@@H](OC)C3)c2)CC1OC. The predicted molar refractivity (Wildman–Crippen MR) is 159 cm³/mol. The molecule has 0 saturated heterocycles. The van der Waals surface area contributed by atoms with Gasteiger partial charge < -0.3 is 43.3 Å². The second-order valence-electron chi connectivity index (χ2n) is 10.3. The van der Waals surface area contributed by atoms with Crippen LogP contribution in [0.3, 0.4) is 0 Å². The lowest BCUT2D eigenvalue weighted by molar-refractivity contribution is -0.140. The Morgan fingerprint density at radius 3 is 1.49 bits per heavy atom. The van der Waals surface area contributed by atoms with Gasteiger partial charge in [-0.1, -0.05) is 23.7 Å². The maximum Gasteiger partial charge on any atom is 0.311 e. The zero-order chi connectivity index (χ0) is 32.8. The zero-order valence-electron chi connectivity index (χ0n) is 26.0. The number of aromatic hydroxyl groups is 1. The lowest BCUT2D eigenvalue weighted by Gasteiger charge is -2.30. The van der Waals surface area contributed by atoms with Crippen molar-refractivity contribution in [3.05, 3.63) is 18.2 Å². The molecule has 2 aliphatic rings. The van der Waals surface area contributed by atoms with Gasteiger partial charge in [-0.25, -0.2) is 0 Å². The molecule has 1 aromatic carbocycles. The zero-order valence-corrected chi connectivity index (χ0v) is 26.0. The lowest BCUT2D eigenvalue weighted by Crippen LogP contribution is -2.45. The summed E-state index contributed by atoms with van der Waals surface area (Å²) in [6.07, 6.45) is -1.59. The van der Waals surface area contributed by atoms with Crippen molar-refractivity contribution in [2.75, 3.05) is 54.6 Å². The monoisotopic (exact) mass is 628 g/mol. The third-order valence-corrected chi connectivity index (χ3v) is 7.21. The average molecular weight is 629 g/mol. The summed E-state index contributed by atoms with van der Waals surface area (Å²) >= 11 is 0. The Morgan fingerprint density at radius 1 is 0.689 bits per heavy atom. The van der Waals surface area contributed by atoms with Gasteiger partial charge in [0, 0.05) is 85.4 Å². The molecule has 244 valence electrons. The summed E-state index contributed by atoms with van der Waals surface area (Å²) in [7, 11) is 6.08. The van der Waals surface area contributed by atoms with E-state index in [0.717, 1.165) is 0 Å². The largest absolute Gasteiger partial charge is 0.508 e. The van der Waals surface area contributed by atoms with E-state index >= 15 is 0 Å². The number of nitrogens with zero attached hydrogens (tertiary/aromatic N) is 2. The van der Waals surface area contributed by atoms with E-state index in [0.29, 0.717) is 25.9 Å². The van der Waals surface area contributed by atoms with Crippen molar-refractivity contribution in [1.82, 2.24) is 9.80 Å². The molecule has 2 amide bonds. The van der Waals surface area contributed by atoms with Gasteiger partial charge in [-0.05, 0) is 0 Å². The Hall–Kier alpha value is -4.14. The van der Waals surface area contributed by atoms with E-state index in [1.165, 1.54) is 46.6 Å². The summed E-state index contributed by atoms with van der Waals surface area (Å²) in [5.41, 5.74) is 0. The lowest BCUT2D eigenvalue weighted by atomic mass is 10.1. The third-order valence-electron chi connectivity index (χ3n) is 7.21. The Labute approximate surface area is 263 Å². The second kappa shape index (κ2) is 18.0. The van der Waals surface area contributed by atoms with E-state index in [1.807, 2.05) is 0 Å². The van der Waals surface area contributed by atoms with Crippen LogP contribution < -0.4 is 9.47 Å². The molecule has 0 bridgehead atoms. The Bertz CT molecular complexity index is 1230. The van der Waals surface area contributed by atoms with Gasteiger partial charge >= 0.3 is 11.9 Å². The highest BCUT2D eigenvalue weighted by molar-refractivity contribution is 5.83. The van der Waals surface area contributed by atoms with Crippen molar-refractivity contribution in [2.45, 2.75) is 62.9 Å². The Morgan fingerprint density at radius 2 is 1.11 bits per heavy atom. The van der Waals surface area contributed by atoms with Crippen LogP contribution in [0.1, 0.15) is 38.5 Å². The first kappa shape index (κ1) is 35.3. The minimum Gasteiger partial charge on any atom is -0.508 e. The molecule has 2 heterocycles.